The molecule has 2 aromatic rings. The molecule has 9 heteroatoms. The van der Waals surface area contributed by atoms with Gasteiger partial charge in [0.15, 0.2) is 12.0 Å². The highest BCUT2D eigenvalue weighted by Crippen LogP contribution is 2.39. The Bertz CT molecular complexity index is 761. The summed E-state index contributed by atoms with van der Waals surface area (Å²) in [5, 5.41) is 10.3. The second-order valence-corrected chi connectivity index (χ2v) is 5.99. The molecular weight excluding hydrogens is 314 g/mol. The minimum atomic E-state index is -0.410. The van der Waals surface area contributed by atoms with Gasteiger partial charge in [-0.05, 0) is 6.07 Å². The minimum absolute atomic E-state index is 0.117. The summed E-state index contributed by atoms with van der Waals surface area (Å²) in [7, 11) is 3.79. The van der Waals surface area contributed by atoms with Crippen LogP contribution in [0.25, 0.3) is 11.0 Å². The summed E-state index contributed by atoms with van der Waals surface area (Å²) in [6.45, 7) is 0.0891. The number of ether oxygens (including phenoxy) is 3. The number of aromatic nitrogens is 3. The van der Waals surface area contributed by atoms with Crippen LogP contribution in [0.2, 0.25) is 0 Å². The highest BCUT2D eigenvalue weighted by molar-refractivity contribution is 5.87. The number of hydrogen-bond donors (Lipinski definition) is 1. The van der Waals surface area contributed by atoms with Crippen molar-refractivity contribution in [3.8, 4) is 0 Å². The van der Waals surface area contributed by atoms with E-state index in [4.69, 9.17) is 14.2 Å². The van der Waals surface area contributed by atoms with Crippen LogP contribution in [0.1, 0.15) is 6.23 Å². The van der Waals surface area contributed by atoms with Crippen LogP contribution in [-0.2, 0) is 14.2 Å². The summed E-state index contributed by atoms with van der Waals surface area (Å²) in [6, 6.07) is 1.90. The van der Waals surface area contributed by atoms with Crippen molar-refractivity contribution in [2.75, 3.05) is 27.5 Å². The van der Waals surface area contributed by atoms with Crippen LogP contribution in [0.3, 0.4) is 0 Å². The van der Waals surface area contributed by atoms with Crippen molar-refractivity contribution >= 4 is 23.2 Å². The van der Waals surface area contributed by atoms with Crippen LogP contribution in [0.5, 0.6) is 0 Å². The third-order valence-electron chi connectivity index (χ3n) is 4.16. The van der Waals surface area contributed by atoms with Gasteiger partial charge in [0.1, 0.15) is 37.1 Å². The summed E-state index contributed by atoms with van der Waals surface area (Å²) < 4.78 is 19.0. The Morgan fingerprint density at radius 3 is 3.00 bits per heavy atom. The van der Waals surface area contributed by atoms with Crippen molar-refractivity contribution in [3.05, 3.63) is 18.6 Å². The topological polar surface area (TPSA) is 94.2 Å². The van der Waals surface area contributed by atoms with E-state index in [1.807, 2.05) is 35.8 Å². The maximum Gasteiger partial charge on any atom is 0.166 e. The van der Waals surface area contributed by atoms with Gasteiger partial charge in [0.25, 0.3) is 0 Å². The number of fused-ring (bicyclic) bond motifs is 2. The molecule has 0 bridgehead atoms. The first-order chi connectivity index (χ1) is 11.7. The van der Waals surface area contributed by atoms with Gasteiger partial charge in [0.2, 0.25) is 0 Å². The molecule has 2 aliphatic rings. The van der Waals surface area contributed by atoms with Crippen LogP contribution < -0.4 is 0 Å². The van der Waals surface area contributed by atoms with E-state index < -0.39 is 12.3 Å². The van der Waals surface area contributed by atoms with E-state index in [2.05, 4.69) is 15.0 Å². The van der Waals surface area contributed by atoms with E-state index in [9.17, 15) is 5.11 Å². The molecule has 4 atom stereocenters. The quantitative estimate of drug-likeness (QED) is 0.634. The Hall–Kier alpha value is -2.07. The molecule has 0 unspecified atom stereocenters. The van der Waals surface area contributed by atoms with E-state index in [1.54, 1.807) is 6.34 Å². The zero-order valence-corrected chi connectivity index (χ0v) is 13.4. The van der Waals surface area contributed by atoms with E-state index >= 15 is 0 Å². The van der Waals surface area contributed by atoms with Crippen molar-refractivity contribution in [2.45, 2.75) is 24.5 Å². The molecule has 128 valence electrons. The molecule has 0 aliphatic carbocycles. The first-order valence-electron chi connectivity index (χ1n) is 7.70. The van der Waals surface area contributed by atoms with Gasteiger partial charge in [-0.2, -0.15) is 0 Å². The number of rotatable bonds is 4. The van der Waals surface area contributed by atoms with Crippen LogP contribution in [0.4, 0.5) is 5.82 Å². The number of aliphatic hydroxyl groups excluding tert-OH is 1. The lowest BCUT2D eigenvalue weighted by Crippen LogP contribution is -2.30. The first kappa shape index (κ1) is 15.5. The molecule has 0 radical (unpaired) electrons. The second-order valence-electron chi connectivity index (χ2n) is 5.99. The van der Waals surface area contributed by atoms with Gasteiger partial charge < -0.3 is 28.8 Å². The highest BCUT2D eigenvalue weighted by atomic mass is 16.7. The van der Waals surface area contributed by atoms with Gasteiger partial charge in [-0.15, -0.1) is 0 Å². The average Bonchev–Trinajstić information content (AvgIpc) is 3.27. The third-order valence-corrected chi connectivity index (χ3v) is 4.16. The van der Waals surface area contributed by atoms with Crippen molar-refractivity contribution in [2.24, 2.45) is 4.99 Å². The molecule has 2 aliphatic heterocycles. The molecule has 0 amide bonds. The van der Waals surface area contributed by atoms with Gasteiger partial charge in [0, 0.05) is 20.3 Å². The van der Waals surface area contributed by atoms with E-state index in [0.29, 0.717) is 11.5 Å². The summed E-state index contributed by atoms with van der Waals surface area (Å²) in [4.78, 5) is 14.8. The standard InChI is InChI=1S/C15H19N5O4/c1-19(2)7-18-13-9-3-4-20(14(9)17-6-16-13)15-12-11(22-8-23-12)10(5-21)24-15/h3-4,6-7,10-12,15,21H,5,8H2,1-2H3/b18-7+/t10-,11-,12-,15-/m1/s1. The first-order valence-corrected chi connectivity index (χ1v) is 7.70. The third kappa shape index (κ3) is 2.46. The molecule has 0 aromatic carbocycles. The predicted octanol–water partition coefficient (Wildman–Crippen LogP) is 0.284. The van der Waals surface area contributed by atoms with Crippen LogP contribution in [-0.4, -0.2) is 76.7 Å². The van der Waals surface area contributed by atoms with Gasteiger partial charge >= 0.3 is 0 Å². The Morgan fingerprint density at radius 2 is 2.21 bits per heavy atom. The number of aliphatic hydroxyl groups is 1. The van der Waals surface area contributed by atoms with E-state index in [-0.39, 0.29) is 25.6 Å². The fourth-order valence-electron chi connectivity index (χ4n) is 3.09. The van der Waals surface area contributed by atoms with Crippen molar-refractivity contribution in [3.63, 3.8) is 0 Å². The molecule has 4 rings (SSSR count). The maximum atomic E-state index is 9.49. The smallest absolute Gasteiger partial charge is 0.166 e. The van der Waals surface area contributed by atoms with Crippen molar-refractivity contribution < 1.29 is 19.3 Å². The van der Waals surface area contributed by atoms with Crippen LogP contribution in [0, 0.1) is 0 Å². The van der Waals surface area contributed by atoms with Gasteiger partial charge in [-0.1, -0.05) is 0 Å². The molecule has 4 heterocycles. The maximum absolute atomic E-state index is 9.49. The SMILES string of the molecule is CN(C)/C=N/c1ncnc2c1ccn2[C@@H]1O[C@H](CO)[C@H]2OCO[C@H]21. The largest absolute Gasteiger partial charge is 0.394 e. The van der Waals surface area contributed by atoms with Crippen molar-refractivity contribution in [1.29, 1.82) is 0 Å². The van der Waals surface area contributed by atoms with E-state index in [1.165, 1.54) is 6.33 Å². The zero-order chi connectivity index (χ0) is 16.7. The Labute approximate surface area is 138 Å². The number of hydrogen-bond acceptors (Lipinski definition) is 7. The van der Waals surface area contributed by atoms with Crippen LogP contribution in [0.15, 0.2) is 23.6 Å². The Morgan fingerprint density at radius 1 is 1.38 bits per heavy atom. The lowest BCUT2D eigenvalue weighted by Gasteiger charge is -2.18. The van der Waals surface area contributed by atoms with Crippen molar-refractivity contribution in [1.82, 2.24) is 19.4 Å². The molecular formula is C15H19N5O4. The normalized spacial score (nSPS) is 29.6. The molecule has 1 N–H and O–H groups in total. The zero-order valence-electron chi connectivity index (χ0n) is 13.4. The number of aliphatic imine (C=N–C) groups is 1. The highest BCUT2D eigenvalue weighted by Gasteiger charge is 2.50. The summed E-state index contributed by atoms with van der Waals surface area (Å²) in [5.74, 6) is 0.587. The molecule has 2 saturated heterocycles. The summed E-state index contributed by atoms with van der Waals surface area (Å²) in [6.07, 6.45) is 3.67. The van der Waals surface area contributed by atoms with Gasteiger partial charge in [0.05, 0.1) is 18.3 Å². The minimum Gasteiger partial charge on any atom is -0.394 e. The van der Waals surface area contributed by atoms with Gasteiger partial charge in [-0.25, -0.2) is 15.0 Å². The second kappa shape index (κ2) is 6.10. The van der Waals surface area contributed by atoms with E-state index in [0.717, 1.165) is 5.39 Å². The Kier molecular flexibility index (Phi) is 3.93. The molecule has 0 saturated carbocycles. The van der Waals surface area contributed by atoms with Crippen LogP contribution >= 0.6 is 0 Å². The lowest BCUT2D eigenvalue weighted by molar-refractivity contribution is -0.108. The summed E-state index contributed by atoms with van der Waals surface area (Å²) >= 11 is 0. The fraction of sp³-hybridized carbons (Fsp3) is 0.533. The molecule has 0 spiro atoms. The molecule has 2 aromatic heterocycles. The molecule has 9 nitrogen and oxygen atoms in total. The monoisotopic (exact) mass is 333 g/mol. The fourth-order valence-corrected chi connectivity index (χ4v) is 3.09. The molecule has 24 heavy (non-hydrogen) atoms. The predicted molar refractivity (Wildman–Crippen MR) is 85.0 cm³/mol. The average molecular weight is 333 g/mol. The lowest BCUT2D eigenvalue weighted by atomic mass is 10.1. The number of nitrogens with zero attached hydrogens (tertiary/aromatic N) is 5. The summed E-state index contributed by atoms with van der Waals surface area (Å²) in [5.41, 5.74) is 0.703. The molecule has 2 fully saturated rings. The van der Waals surface area contributed by atoms with Gasteiger partial charge in [-0.3, -0.25) is 0 Å². The Balaban J connectivity index is 1.72.